The van der Waals surface area contributed by atoms with Gasteiger partial charge in [0.05, 0.1) is 0 Å². The zero-order valence-corrected chi connectivity index (χ0v) is 7.40. The molecule has 0 aromatic rings. The Hall–Kier alpha value is 0.270. The van der Waals surface area contributed by atoms with E-state index in [4.69, 9.17) is 11.5 Å². The largest absolute Gasteiger partial charge is 0.326 e. The molecule has 3 atom stereocenters. The molecule has 0 saturated carbocycles. The van der Waals surface area contributed by atoms with E-state index >= 15 is 0 Å². The first-order valence-corrected chi connectivity index (χ1v) is 4.80. The van der Waals surface area contributed by atoms with E-state index in [0.717, 1.165) is 5.75 Å². The molecule has 0 aromatic carbocycles. The van der Waals surface area contributed by atoms with Crippen molar-refractivity contribution in [2.45, 2.75) is 31.2 Å². The molecule has 0 aliphatic carbocycles. The summed E-state index contributed by atoms with van der Waals surface area (Å²) in [5.41, 5.74) is 11.6. The lowest BCUT2D eigenvalue weighted by Crippen LogP contribution is -2.45. The molecule has 0 amide bonds. The fourth-order valence-electron chi connectivity index (χ4n) is 1.32. The van der Waals surface area contributed by atoms with Crippen LogP contribution in [0.2, 0.25) is 0 Å². The number of rotatable bonds is 1. The van der Waals surface area contributed by atoms with E-state index in [2.05, 4.69) is 13.8 Å². The third kappa shape index (κ3) is 1.47. The van der Waals surface area contributed by atoms with Gasteiger partial charge in [-0.1, -0.05) is 13.8 Å². The minimum absolute atomic E-state index is 0.213. The predicted molar refractivity (Wildman–Crippen MR) is 47.0 cm³/mol. The number of nitrogens with two attached hydrogens (primary N) is 2. The Bertz CT molecular complexity index is 116. The summed E-state index contributed by atoms with van der Waals surface area (Å²) in [5.74, 6) is 1.69. The molecular weight excluding hydrogens is 144 g/mol. The van der Waals surface area contributed by atoms with Crippen molar-refractivity contribution >= 4 is 11.8 Å². The van der Waals surface area contributed by atoms with Gasteiger partial charge in [-0.3, -0.25) is 0 Å². The molecule has 1 heterocycles. The van der Waals surface area contributed by atoms with Gasteiger partial charge in [-0.05, 0) is 5.92 Å². The van der Waals surface area contributed by atoms with Crippen LogP contribution in [0.5, 0.6) is 0 Å². The molecule has 1 saturated heterocycles. The van der Waals surface area contributed by atoms with Crippen molar-refractivity contribution in [3.8, 4) is 0 Å². The quantitative estimate of drug-likeness (QED) is 0.584. The molecule has 1 aliphatic heterocycles. The van der Waals surface area contributed by atoms with Crippen LogP contribution in [-0.4, -0.2) is 23.1 Å². The van der Waals surface area contributed by atoms with Crippen molar-refractivity contribution in [1.82, 2.24) is 0 Å². The zero-order chi connectivity index (χ0) is 7.72. The highest BCUT2D eigenvalue weighted by Crippen LogP contribution is 2.30. The van der Waals surface area contributed by atoms with Crippen LogP contribution in [0.4, 0.5) is 0 Å². The second kappa shape index (κ2) is 3.11. The van der Waals surface area contributed by atoms with Gasteiger partial charge in [0, 0.05) is 23.1 Å². The van der Waals surface area contributed by atoms with E-state index in [9.17, 15) is 0 Å². The normalized spacial score (nSPS) is 41.1. The summed E-state index contributed by atoms with van der Waals surface area (Å²) >= 11 is 1.92. The van der Waals surface area contributed by atoms with E-state index in [1.165, 1.54) is 0 Å². The van der Waals surface area contributed by atoms with Crippen molar-refractivity contribution in [3.05, 3.63) is 0 Å². The average Bonchev–Trinajstić information content (AvgIpc) is 2.14. The van der Waals surface area contributed by atoms with E-state index in [0.29, 0.717) is 11.2 Å². The fourth-order valence-corrected chi connectivity index (χ4v) is 2.80. The summed E-state index contributed by atoms with van der Waals surface area (Å²) in [6.45, 7) is 4.41. The average molecular weight is 160 g/mol. The van der Waals surface area contributed by atoms with Crippen LogP contribution >= 0.6 is 11.8 Å². The molecule has 0 aromatic heterocycles. The van der Waals surface area contributed by atoms with Crippen LogP contribution < -0.4 is 11.5 Å². The molecule has 10 heavy (non-hydrogen) atoms. The van der Waals surface area contributed by atoms with Gasteiger partial charge in [-0.25, -0.2) is 0 Å². The van der Waals surface area contributed by atoms with Crippen LogP contribution in [0.15, 0.2) is 0 Å². The smallest absolute Gasteiger partial charge is 0.0323 e. The Morgan fingerprint density at radius 2 is 2.00 bits per heavy atom. The summed E-state index contributed by atoms with van der Waals surface area (Å²) in [6.07, 6.45) is 0. The lowest BCUT2D eigenvalue weighted by Gasteiger charge is -2.19. The minimum Gasteiger partial charge on any atom is -0.326 e. The molecule has 0 bridgehead atoms. The number of thioether (sulfide) groups is 1. The van der Waals surface area contributed by atoms with Gasteiger partial charge in [0.1, 0.15) is 0 Å². The predicted octanol–water partition coefficient (Wildman–Crippen LogP) is 0.412. The van der Waals surface area contributed by atoms with Crippen molar-refractivity contribution in [2.24, 2.45) is 17.4 Å². The molecule has 2 nitrogen and oxygen atoms in total. The van der Waals surface area contributed by atoms with Crippen LogP contribution in [0.3, 0.4) is 0 Å². The second-order valence-electron chi connectivity index (χ2n) is 3.28. The Balaban J connectivity index is 2.49. The van der Waals surface area contributed by atoms with E-state index in [1.807, 2.05) is 11.8 Å². The molecule has 0 spiro atoms. The lowest BCUT2D eigenvalue weighted by atomic mass is 10.00. The first-order valence-electron chi connectivity index (χ1n) is 3.75. The summed E-state index contributed by atoms with van der Waals surface area (Å²) in [5, 5.41) is 0.579. The molecule has 1 fully saturated rings. The summed E-state index contributed by atoms with van der Waals surface area (Å²) in [4.78, 5) is 0. The zero-order valence-electron chi connectivity index (χ0n) is 6.58. The molecule has 1 rings (SSSR count). The first kappa shape index (κ1) is 8.37. The van der Waals surface area contributed by atoms with Gasteiger partial charge in [0.15, 0.2) is 0 Å². The van der Waals surface area contributed by atoms with Crippen LogP contribution in [0, 0.1) is 5.92 Å². The second-order valence-corrected chi connectivity index (χ2v) is 4.49. The summed E-state index contributed by atoms with van der Waals surface area (Å²) < 4.78 is 0. The van der Waals surface area contributed by atoms with Gasteiger partial charge in [0.2, 0.25) is 0 Å². The molecule has 4 N–H and O–H groups in total. The van der Waals surface area contributed by atoms with Crippen LogP contribution in [0.25, 0.3) is 0 Å². The van der Waals surface area contributed by atoms with Crippen molar-refractivity contribution in [3.63, 3.8) is 0 Å². The van der Waals surface area contributed by atoms with Crippen molar-refractivity contribution < 1.29 is 0 Å². The highest BCUT2D eigenvalue weighted by molar-refractivity contribution is 8.00. The maximum atomic E-state index is 5.88. The van der Waals surface area contributed by atoms with Crippen molar-refractivity contribution in [2.75, 3.05) is 5.75 Å². The third-order valence-corrected chi connectivity index (χ3v) is 3.83. The van der Waals surface area contributed by atoms with Gasteiger partial charge < -0.3 is 11.5 Å². The third-order valence-electron chi connectivity index (χ3n) is 2.01. The molecule has 3 unspecified atom stereocenters. The SMILES string of the molecule is CC(C)C1SCC(N)C1N. The molecular formula is C7H16N2S. The lowest BCUT2D eigenvalue weighted by molar-refractivity contribution is 0.487. The molecule has 1 aliphatic rings. The number of hydrogen-bond donors (Lipinski definition) is 2. The van der Waals surface area contributed by atoms with Crippen LogP contribution in [-0.2, 0) is 0 Å². The van der Waals surface area contributed by atoms with Crippen molar-refractivity contribution in [1.29, 1.82) is 0 Å². The standard InChI is InChI=1S/C7H16N2S/c1-4(2)7-6(9)5(8)3-10-7/h4-7H,3,8-9H2,1-2H3. The van der Waals surface area contributed by atoms with E-state index in [-0.39, 0.29) is 12.1 Å². The van der Waals surface area contributed by atoms with E-state index < -0.39 is 0 Å². The first-order chi connectivity index (χ1) is 4.63. The Kier molecular flexibility index (Phi) is 2.61. The highest BCUT2D eigenvalue weighted by atomic mass is 32.2. The van der Waals surface area contributed by atoms with Gasteiger partial charge in [0.25, 0.3) is 0 Å². The maximum absolute atomic E-state index is 5.88. The fraction of sp³-hybridized carbons (Fsp3) is 1.00. The highest BCUT2D eigenvalue weighted by Gasteiger charge is 2.33. The monoisotopic (exact) mass is 160 g/mol. The minimum atomic E-state index is 0.213. The van der Waals surface area contributed by atoms with E-state index in [1.54, 1.807) is 0 Å². The Morgan fingerprint density at radius 1 is 1.40 bits per heavy atom. The number of hydrogen-bond acceptors (Lipinski definition) is 3. The summed E-state index contributed by atoms with van der Waals surface area (Å²) in [7, 11) is 0. The molecule has 60 valence electrons. The maximum Gasteiger partial charge on any atom is 0.0323 e. The van der Waals surface area contributed by atoms with Gasteiger partial charge >= 0.3 is 0 Å². The topological polar surface area (TPSA) is 52.0 Å². The molecule has 0 radical (unpaired) electrons. The van der Waals surface area contributed by atoms with Gasteiger partial charge in [-0.2, -0.15) is 11.8 Å². The molecule has 3 heteroatoms. The summed E-state index contributed by atoms with van der Waals surface area (Å²) in [6, 6.07) is 0.433. The van der Waals surface area contributed by atoms with Gasteiger partial charge in [-0.15, -0.1) is 0 Å². The van der Waals surface area contributed by atoms with Crippen LogP contribution in [0.1, 0.15) is 13.8 Å². The Morgan fingerprint density at radius 3 is 2.20 bits per heavy atom. The Labute approximate surface area is 66.7 Å².